The summed E-state index contributed by atoms with van der Waals surface area (Å²) < 4.78 is 31.2. The van der Waals surface area contributed by atoms with Crippen LogP contribution < -0.4 is 14.2 Å². The van der Waals surface area contributed by atoms with Gasteiger partial charge in [0.25, 0.3) is 0 Å². The van der Waals surface area contributed by atoms with Crippen molar-refractivity contribution in [2.75, 3.05) is 39.6 Å². The second-order valence-corrected chi connectivity index (χ2v) is 16.0. The van der Waals surface area contributed by atoms with Crippen LogP contribution in [-0.2, 0) is 27.1 Å². The van der Waals surface area contributed by atoms with E-state index in [4.69, 9.17) is 28.4 Å². The zero-order valence-corrected chi connectivity index (χ0v) is 37.9. The van der Waals surface area contributed by atoms with Crippen molar-refractivity contribution >= 4 is 0 Å². The Morgan fingerprint density at radius 2 is 0.646 bits per heavy atom. The fraction of sp³-hybridized carbons (Fsp3) is 0.288. The smallest absolute Gasteiger partial charge is 0.119 e. The Morgan fingerprint density at radius 3 is 0.908 bits per heavy atom. The minimum absolute atomic E-state index is 0. The number of hydrogen-bond acceptors (Lipinski definition) is 6. The third kappa shape index (κ3) is 19.6. The number of benzene rings is 7. The summed E-state index contributed by atoms with van der Waals surface area (Å²) in [5.41, 5.74) is 9.38. The first kappa shape index (κ1) is 49.8. The van der Waals surface area contributed by atoms with Gasteiger partial charge in [0.15, 0.2) is 0 Å². The number of rotatable bonds is 14. The predicted molar refractivity (Wildman–Crippen MR) is 268 cm³/mol. The van der Waals surface area contributed by atoms with Gasteiger partial charge in [-0.15, -0.1) is 0 Å². The summed E-state index contributed by atoms with van der Waals surface area (Å²) in [7, 11) is 0. The lowest BCUT2D eigenvalue weighted by Gasteiger charge is -2.06. The first-order valence-corrected chi connectivity index (χ1v) is 22.7. The second-order valence-electron chi connectivity index (χ2n) is 16.0. The first-order valence-electron chi connectivity index (χ1n) is 22.7. The van der Waals surface area contributed by atoms with Gasteiger partial charge in [-0.2, -0.15) is 0 Å². The Balaban J connectivity index is 0.000000153. The fourth-order valence-electron chi connectivity index (χ4n) is 6.17. The molecule has 0 bridgehead atoms. The van der Waals surface area contributed by atoms with Crippen LogP contribution in [0.15, 0.2) is 194 Å². The van der Waals surface area contributed by atoms with Crippen molar-refractivity contribution in [1.29, 1.82) is 0 Å². The summed E-state index contributed by atoms with van der Waals surface area (Å²) in [4.78, 5) is 0. The molecule has 7 aromatic rings. The number of para-hydroxylation sites is 3. The van der Waals surface area contributed by atoms with Crippen LogP contribution in [0.2, 0.25) is 0 Å². The highest BCUT2D eigenvalue weighted by atomic mass is 16.6. The fourth-order valence-corrected chi connectivity index (χ4v) is 6.17. The van der Waals surface area contributed by atoms with Gasteiger partial charge in [0, 0.05) is 0 Å². The average Bonchev–Trinajstić information content (AvgIpc) is 4.22. The summed E-state index contributed by atoms with van der Waals surface area (Å²) in [6.45, 7) is 13.4. The van der Waals surface area contributed by atoms with E-state index < -0.39 is 0 Å². The van der Waals surface area contributed by atoms with Crippen LogP contribution in [0.5, 0.6) is 17.2 Å². The molecule has 3 aliphatic rings. The second kappa shape index (κ2) is 27.9. The number of aryl methyl sites for hydroxylation is 2. The number of epoxide rings is 3. The highest BCUT2D eigenvalue weighted by Crippen LogP contribution is 2.23. The van der Waals surface area contributed by atoms with Crippen LogP contribution >= 0.6 is 0 Å². The molecule has 0 aromatic heterocycles. The van der Waals surface area contributed by atoms with E-state index in [1.807, 2.05) is 97.1 Å². The Morgan fingerprint density at radius 1 is 0.385 bits per heavy atom. The molecule has 3 fully saturated rings. The SMILES string of the molecule is C.CC(C)c1ccc(-c2ccccc2)cc1.CCc1ccc(-c2ccc(CC)cc2)cc1.c1ccc(OCC2CO2)cc1.c1ccc(OCC2CO2)cc1.c1ccc(OCC2CO2)cc1. The van der Waals surface area contributed by atoms with Gasteiger partial charge in [-0.25, -0.2) is 0 Å². The Bertz CT molecular complexity index is 2090. The molecular formula is C59H68O6. The molecule has 0 saturated carbocycles. The van der Waals surface area contributed by atoms with Crippen molar-refractivity contribution in [2.24, 2.45) is 0 Å². The largest absolute Gasteiger partial charge is 0.491 e. The van der Waals surface area contributed by atoms with Crippen LogP contribution in [0.3, 0.4) is 0 Å². The maximum absolute atomic E-state index is 5.40. The van der Waals surface area contributed by atoms with Crippen LogP contribution in [0.4, 0.5) is 0 Å². The molecule has 340 valence electrons. The van der Waals surface area contributed by atoms with Gasteiger partial charge in [0.1, 0.15) is 55.4 Å². The molecule has 3 atom stereocenters. The van der Waals surface area contributed by atoms with Crippen molar-refractivity contribution in [3.8, 4) is 39.5 Å². The summed E-state index contributed by atoms with van der Waals surface area (Å²) in [5, 5.41) is 0. The van der Waals surface area contributed by atoms with Gasteiger partial charge in [0.2, 0.25) is 0 Å². The van der Waals surface area contributed by atoms with Crippen molar-refractivity contribution in [3.05, 3.63) is 211 Å². The minimum atomic E-state index is 0. The molecule has 0 N–H and O–H groups in total. The maximum Gasteiger partial charge on any atom is 0.119 e. The van der Waals surface area contributed by atoms with Crippen LogP contribution in [0.25, 0.3) is 22.3 Å². The highest BCUT2D eigenvalue weighted by molar-refractivity contribution is 5.64. The Hall–Kier alpha value is -6.18. The number of hydrogen-bond donors (Lipinski definition) is 0. The molecule has 6 nitrogen and oxygen atoms in total. The molecule has 3 unspecified atom stereocenters. The van der Waals surface area contributed by atoms with E-state index in [9.17, 15) is 0 Å². The zero-order valence-electron chi connectivity index (χ0n) is 37.9. The topological polar surface area (TPSA) is 65.3 Å². The molecule has 3 heterocycles. The summed E-state index contributed by atoms with van der Waals surface area (Å²) >= 11 is 0. The molecule has 0 spiro atoms. The van der Waals surface area contributed by atoms with E-state index in [0.29, 0.717) is 44.1 Å². The van der Waals surface area contributed by atoms with E-state index >= 15 is 0 Å². The first-order chi connectivity index (χ1) is 31.4. The third-order valence-electron chi connectivity index (χ3n) is 10.5. The van der Waals surface area contributed by atoms with Gasteiger partial charge >= 0.3 is 0 Å². The van der Waals surface area contributed by atoms with Crippen molar-refractivity contribution in [1.82, 2.24) is 0 Å². The van der Waals surface area contributed by atoms with Gasteiger partial charge < -0.3 is 28.4 Å². The Kier molecular flexibility index (Phi) is 21.4. The molecule has 65 heavy (non-hydrogen) atoms. The van der Waals surface area contributed by atoms with Gasteiger partial charge in [-0.05, 0) is 94.1 Å². The predicted octanol–water partition coefficient (Wildman–Crippen LogP) is 14.0. The molecule has 6 heteroatoms. The molecule has 0 aliphatic carbocycles. The van der Waals surface area contributed by atoms with Crippen molar-refractivity contribution in [2.45, 2.75) is 72.2 Å². The summed E-state index contributed by atoms with van der Waals surface area (Å²) in [5.74, 6) is 3.36. The van der Waals surface area contributed by atoms with Crippen LogP contribution in [0, 0.1) is 0 Å². The lowest BCUT2D eigenvalue weighted by molar-refractivity contribution is 0.263. The molecule has 0 amide bonds. The highest BCUT2D eigenvalue weighted by Gasteiger charge is 2.24. The molecular weight excluding hydrogens is 805 g/mol. The lowest BCUT2D eigenvalue weighted by atomic mass is 9.99. The van der Waals surface area contributed by atoms with E-state index in [0.717, 1.165) is 49.9 Å². The summed E-state index contributed by atoms with van der Waals surface area (Å²) in [6.07, 6.45) is 3.24. The van der Waals surface area contributed by atoms with E-state index in [-0.39, 0.29) is 7.43 Å². The molecule has 0 radical (unpaired) electrons. The van der Waals surface area contributed by atoms with Crippen LogP contribution in [-0.4, -0.2) is 58.0 Å². The number of ether oxygens (including phenoxy) is 6. The molecule has 7 aromatic carbocycles. The lowest BCUT2D eigenvalue weighted by Crippen LogP contribution is -2.03. The van der Waals surface area contributed by atoms with Gasteiger partial charge in [-0.1, -0.05) is 193 Å². The molecule has 3 saturated heterocycles. The molecule has 3 aliphatic heterocycles. The van der Waals surface area contributed by atoms with E-state index in [1.165, 1.54) is 38.9 Å². The van der Waals surface area contributed by atoms with Crippen molar-refractivity contribution in [3.63, 3.8) is 0 Å². The van der Waals surface area contributed by atoms with E-state index in [2.05, 4.69) is 125 Å². The molecule has 10 rings (SSSR count). The van der Waals surface area contributed by atoms with E-state index in [1.54, 1.807) is 0 Å². The standard InChI is InChI=1S/C16H18.C15H16.3C9H10O2.CH4/c1-3-13-5-9-15(10-6-13)16-11-7-14(4-2)8-12-16;1-12(2)13-8-10-15(11-9-13)14-6-4-3-5-7-14;3*1-2-4-8(5-3-1)10-6-9-7-11-9;/h5-12H,3-4H2,1-2H3;3-12H,1-2H3;3*1-5,9H,6-7H2;1H4. The normalized spacial score (nSPS) is 15.8. The maximum atomic E-state index is 5.40. The third-order valence-corrected chi connectivity index (χ3v) is 10.5. The van der Waals surface area contributed by atoms with Crippen molar-refractivity contribution < 1.29 is 28.4 Å². The Labute approximate surface area is 389 Å². The quantitative estimate of drug-likeness (QED) is 0.101. The van der Waals surface area contributed by atoms with Gasteiger partial charge in [0.05, 0.1) is 19.8 Å². The zero-order chi connectivity index (χ0) is 44.6. The average molecular weight is 873 g/mol. The summed E-state index contributed by atoms with van der Waals surface area (Å²) in [6, 6.07) is 66.4. The minimum Gasteiger partial charge on any atom is -0.491 e. The monoisotopic (exact) mass is 873 g/mol. The van der Waals surface area contributed by atoms with Crippen LogP contribution in [0.1, 0.15) is 57.7 Å². The van der Waals surface area contributed by atoms with Gasteiger partial charge in [-0.3, -0.25) is 0 Å².